The molecule has 0 aromatic heterocycles. The van der Waals surface area contributed by atoms with Crippen LogP contribution in [0.25, 0.3) is 0 Å². The molecule has 2 fully saturated rings. The summed E-state index contributed by atoms with van der Waals surface area (Å²) in [6.45, 7) is 16.5. The fraction of sp³-hybridized carbons (Fsp3) is 0.727. The quantitative estimate of drug-likeness (QED) is 0.119. The van der Waals surface area contributed by atoms with Crippen molar-refractivity contribution >= 4 is 37.6 Å². The monoisotopic (exact) mass is 661 g/mol. The Morgan fingerprint density at radius 3 is 2.30 bits per heavy atom. The molecule has 1 spiro atoms. The van der Waals surface area contributed by atoms with Crippen LogP contribution < -0.4 is 0 Å². The Kier molecular flexibility index (Phi) is 13.6. The molecule has 0 unspecified atom stereocenters. The summed E-state index contributed by atoms with van der Waals surface area (Å²) in [6, 6.07) is -0.698. The van der Waals surface area contributed by atoms with Crippen LogP contribution in [0.15, 0.2) is 34.9 Å². The Morgan fingerprint density at radius 2 is 1.73 bits per heavy atom. The maximum Gasteiger partial charge on any atom is 0.471 e. The molecule has 1 aliphatic heterocycles. The van der Waals surface area contributed by atoms with Gasteiger partial charge in [-0.05, 0) is 88.4 Å². The lowest BCUT2D eigenvalue weighted by Gasteiger charge is -2.54. The number of nitrogens with zero attached hydrogens (tertiary/aromatic N) is 1. The number of esters is 1. The van der Waals surface area contributed by atoms with Gasteiger partial charge in [-0.3, -0.25) is 9.59 Å². The minimum Gasteiger partial charge on any atom is -0.463 e. The molecule has 1 amide bonds. The van der Waals surface area contributed by atoms with Gasteiger partial charge in [0.15, 0.2) is 14.1 Å². The van der Waals surface area contributed by atoms with Gasteiger partial charge < -0.3 is 14.1 Å². The number of hydrogen-bond acceptors (Lipinski definition) is 5. The second-order valence-corrected chi connectivity index (χ2v) is 19.0. The number of alkyl halides is 3. The number of piperidine rings is 1. The highest BCUT2D eigenvalue weighted by Gasteiger charge is 2.58. The summed E-state index contributed by atoms with van der Waals surface area (Å²) >= 11 is 6.34. The minimum atomic E-state index is -5.03. The summed E-state index contributed by atoms with van der Waals surface area (Å²) in [5.74, 6) is -3.17. The number of rotatable bonds is 12. The molecule has 6 nitrogen and oxygen atoms in total. The van der Waals surface area contributed by atoms with E-state index in [0.29, 0.717) is 62.2 Å². The number of allylic oxidation sites excluding steroid dienone is 3. The van der Waals surface area contributed by atoms with Gasteiger partial charge in [0.25, 0.3) is 0 Å². The Hall–Kier alpha value is -1.91. The lowest BCUT2D eigenvalue weighted by molar-refractivity contribution is -0.201. The molecule has 250 valence electrons. The average molecular weight is 662 g/mol. The normalized spacial score (nSPS) is 24.7. The van der Waals surface area contributed by atoms with Crippen LogP contribution in [0.1, 0.15) is 92.9 Å². The number of carbonyl (C=O) groups is 3. The third-order valence-electron chi connectivity index (χ3n) is 9.67. The summed E-state index contributed by atoms with van der Waals surface area (Å²) < 4.78 is 53.2. The number of ketones is 1. The number of halogens is 4. The number of carbonyl (C=O) groups excluding carboxylic acids is 3. The summed E-state index contributed by atoms with van der Waals surface area (Å²) in [5, 5.41) is 0.443. The third-order valence-corrected chi connectivity index (χ3v) is 14.5. The Bertz CT molecular complexity index is 1130. The van der Waals surface area contributed by atoms with E-state index in [4.69, 9.17) is 20.8 Å². The fourth-order valence-electron chi connectivity index (χ4n) is 6.35. The molecule has 0 N–H and O–H groups in total. The van der Waals surface area contributed by atoms with Crippen LogP contribution >= 0.6 is 11.6 Å². The van der Waals surface area contributed by atoms with Crippen LogP contribution in [0.2, 0.25) is 18.1 Å². The van der Waals surface area contributed by atoms with E-state index in [0.717, 1.165) is 4.90 Å². The van der Waals surface area contributed by atoms with Crippen LogP contribution in [-0.2, 0) is 23.5 Å². The van der Waals surface area contributed by atoms with Gasteiger partial charge in [-0.1, -0.05) is 57.9 Å². The predicted octanol–water partition coefficient (Wildman–Crippen LogP) is 8.66. The van der Waals surface area contributed by atoms with E-state index in [1.807, 2.05) is 6.92 Å². The Labute approximate surface area is 267 Å². The van der Waals surface area contributed by atoms with Crippen LogP contribution in [0, 0.1) is 11.8 Å². The fourth-order valence-corrected chi connectivity index (χ4v) is 7.58. The molecule has 44 heavy (non-hydrogen) atoms. The standard InChI is InChI=1S/C33H51ClF3NO5Si/c1-9-42-29(40)24(3)14-16-26-12-10-19-32(38(26)30(41)33(35,36)37)20-11-13-28(32)23(2)15-17-27(39)22-25(34)18-21-43-44(7,8)31(4,5)6/h14-15,17,22-23,26,28H,9-13,16,18-21H2,1-8H3/b17-15+,24-14+,25-22-/t23-,26+,28+,32+/m0/s1. The van der Waals surface area contributed by atoms with Crippen LogP contribution in [0.4, 0.5) is 13.2 Å². The molecule has 1 saturated carbocycles. The van der Waals surface area contributed by atoms with E-state index >= 15 is 0 Å². The first-order valence-corrected chi connectivity index (χ1v) is 19.0. The summed E-state index contributed by atoms with van der Waals surface area (Å²) in [5.41, 5.74) is -0.676. The molecule has 2 aliphatic rings. The lowest BCUT2D eigenvalue weighted by atomic mass is 9.70. The molecule has 11 heteroatoms. The Morgan fingerprint density at radius 1 is 1.11 bits per heavy atom. The van der Waals surface area contributed by atoms with E-state index in [1.54, 1.807) is 26.0 Å². The second kappa shape index (κ2) is 15.6. The molecule has 0 radical (unpaired) electrons. The zero-order valence-corrected chi connectivity index (χ0v) is 29.4. The van der Waals surface area contributed by atoms with Crippen molar-refractivity contribution in [3.05, 3.63) is 34.9 Å². The third kappa shape index (κ3) is 9.79. The largest absolute Gasteiger partial charge is 0.471 e. The van der Waals surface area contributed by atoms with Crippen LogP contribution in [0.5, 0.6) is 0 Å². The first kappa shape index (κ1) is 38.3. The highest BCUT2D eigenvalue weighted by molar-refractivity contribution is 6.74. The van der Waals surface area contributed by atoms with Gasteiger partial charge in [0, 0.05) is 41.3 Å². The number of ether oxygens (including phenoxy) is 1. The summed E-state index contributed by atoms with van der Waals surface area (Å²) in [7, 11) is -1.93. The molecule has 0 bridgehead atoms. The van der Waals surface area contributed by atoms with E-state index in [2.05, 4.69) is 33.9 Å². The van der Waals surface area contributed by atoms with Gasteiger partial charge >= 0.3 is 18.1 Å². The van der Waals surface area contributed by atoms with Gasteiger partial charge in [-0.2, -0.15) is 13.2 Å². The minimum absolute atomic E-state index is 0.0619. The maximum absolute atomic E-state index is 14.0. The van der Waals surface area contributed by atoms with Crippen molar-refractivity contribution in [2.75, 3.05) is 13.2 Å². The number of likely N-dealkylation sites (tertiary alicyclic amines) is 1. The van der Waals surface area contributed by atoms with Crippen molar-refractivity contribution < 1.29 is 36.7 Å². The highest BCUT2D eigenvalue weighted by Crippen LogP contribution is 2.52. The smallest absolute Gasteiger partial charge is 0.463 e. The van der Waals surface area contributed by atoms with Crippen molar-refractivity contribution in [3.63, 3.8) is 0 Å². The van der Waals surface area contributed by atoms with Crippen LogP contribution in [0.3, 0.4) is 0 Å². The predicted molar refractivity (Wildman–Crippen MR) is 171 cm³/mol. The molecule has 0 aromatic rings. The SMILES string of the molecule is CCOC(=O)/C(C)=C/C[C@H]1CCC[C@]2(CCC[C@@H]2[C@@H](C)/C=C/C(=O)/C=C(\Cl)CCO[Si](C)(C)C(C)(C)C)N1C(=O)C(F)(F)F. The number of hydrogen-bond donors (Lipinski definition) is 0. The summed E-state index contributed by atoms with van der Waals surface area (Å²) in [4.78, 5) is 38.9. The first-order valence-electron chi connectivity index (χ1n) is 15.7. The lowest BCUT2D eigenvalue weighted by Crippen LogP contribution is -2.64. The molecule has 2 rings (SSSR count). The van der Waals surface area contributed by atoms with E-state index in [1.165, 1.54) is 12.2 Å². The van der Waals surface area contributed by atoms with Gasteiger partial charge in [0.1, 0.15) is 0 Å². The van der Waals surface area contributed by atoms with Gasteiger partial charge in [0.2, 0.25) is 0 Å². The molecular formula is C33H51ClF3NO5Si. The van der Waals surface area contributed by atoms with Crippen molar-refractivity contribution in [3.8, 4) is 0 Å². The van der Waals surface area contributed by atoms with Gasteiger partial charge in [-0.25, -0.2) is 4.79 Å². The molecule has 0 aromatic carbocycles. The molecule has 1 aliphatic carbocycles. The average Bonchev–Trinajstić information content (AvgIpc) is 3.32. The van der Waals surface area contributed by atoms with Crippen molar-refractivity contribution in [1.82, 2.24) is 4.90 Å². The van der Waals surface area contributed by atoms with Crippen LogP contribution in [-0.4, -0.2) is 61.8 Å². The maximum atomic E-state index is 14.0. The van der Waals surface area contributed by atoms with Gasteiger partial charge in [0.05, 0.1) is 6.61 Å². The second-order valence-electron chi connectivity index (χ2n) is 13.7. The van der Waals surface area contributed by atoms with E-state index < -0.39 is 38.0 Å². The molecule has 4 atom stereocenters. The zero-order chi connectivity index (χ0) is 33.5. The van der Waals surface area contributed by atoms with Gasteiger partial charge in [-0.15, -0.1) is 0 Å². The van der Waals surface area contributed by atoms with Crippen molar-refractivity contribution in [1.29, 1.82) is 0 Å². The van der Waals surface area contributed by atoms with Crippen molar-refractivity contribution in [2.45, 2.75) is 129 Å². The zero-order valence-electron chi connectivity index (χ0n) is 27.6. The highest BCUT2D eigenvalue weighted by atomic mass is 35.5. The first-order chi connectivity index (χ1) is 20.3. The molecular weight excluding hydrogens is 611 g/mol. The molecule has 1 heterocycles. The van der Waals surface area contributed by atoms with E-state index in [-0.39, 0.29) is 35.7 Å². The topological polar surface area (TPSA) is 72.9 Å². The van der Waals surface area contributed by atoms with Crippen molar-refractivity contribution in [2.24, 2.45) is 11.8 Å². The van der Waals surface area contributed by atoms with E-state index in [9.17, 15) is 27.6 Å². The number of amides is 1. The molecule has 1 saturated heterocycles. The Balaban J connectivity index is 2.23. The summed E-state index contributed by atoms with van der Waals surface area (Å²) in [6.07, 6.45) is 4.94.